The topological polar surface area (TPSA) is 124 Å². The largest absolute Gasteiger partial charge is 0.497 e. The highest BCUT2D eigenvalue weighted by atomic mass is 32.2. The van der Waals surface area contributed by atoms with Crippen molar-refractivity contribution >= 4 is 27.5 Å². The number of hydrogen-bond acceptors (Lipinski definition) is 8. The minimum Gasteiger partial charge on any atom is -0.497 e. The molecular formula is C33H43N3O8S. The first kappa shape index (κ1) is 35.0. The third-order valence-corrected chi connectivity index (χ3v) is 9.04. The van der Waals surface area contributed by atoms with E-state index in [4.69, 9.17) is 18.9 Å². The Kier molecular flexibility index (Phi) is 12.9. The molecule has 0 unspecified atom stereocenters. The molecule has 0 saturated heterocycles. The Morgan fingerprint density at radius 3 is 2.09 bits per heavy atom. The van der Waals surface area contributed by atoms with Gasteiger partial charge in [0.2, 0.25) is 11.8 Å². The lowest BCUT2D eigenvalue weighted by Gasteiger charge is -2.33. The molecule has 0 fully saturated rings. The van der Waals surface area contributed by atoms with Crippen LogP contribution >= 0.6 is 0 Å². The van der Waals surface area contributed by atoms with Crippen LogP contribution in [0.3, 0.4) is 0 Å². The van der Waals surface area contributed by atoms with Crippen LogP contribution in [-0.4, -0.2) is 72.7 Å². The molecule has 0 radical (unpaired) electrons. The van der Waals surface area contributed by atoms with Crippen molar-refractivity contribution in [2.45, 2.75) is 50.6 Å². The van der Waals surface area contributed by atoms with Crippen molar-refractivity contribution in [1.82, 2.24) is 10.2 Å². The molecule has 45 heavy (non-hydrogen) atoms. The molecule has 1 N–H and O–H groups in total. The normalized spacial score (nSPS) is 11.7. The van der Waals surface area contributed by atoms with E-state index in [0.29, 0.717) is 24.5 Å². The number of amides is 2. The van der Waals surface area contributed by atoms with Gasteiger partial charge in [-0.25, -0.2) is 8.42 Å². The molecule has 3 aromatic carbocycles. The van der Waals surface area contributed by atoms with Gasteiger partial charge in [0.05, 0.1) is 39.0 Å². The number of sulfonamides is 1. The summed E-state index contributed by atoms with van der Waals surface area (Å²) >= 11 is 0. The van der Waals surface area contributed by atoms with E-state index in [1.807, 2.05) is 44.2 Å². The van der Waals surface area contributed by atoms with Crippen molar-refractivity contribution in [3.05, 3.63) is 72.3 Å². The number of nitrogens with zero attached hydrogens (tertiary/aromatic N) is 2. The minimum atomic E-state index is -4.43. The molecule has 1 atom stereocenters. The first-order valence-electron chi connectivity index (χ1n) is 14.7. The summed E-state index contributed by atoms with van der Waals surface area (Å²) in [6.07, 6.45) is 2.01. The van der Waals surface area contributed by atoms with Gasteiger partial charge in [0.25, 0.3) is 10.0 Å². The van der Waals surface area contributed by atoms with Crippen LogP contribution in [0.15, 0.2) is 71.6 Å². The average Bonchev–Trinajstić information content (AvgIpc) is 3.06. The fraction of sp³-hybridized carbons (Fsp3) is 0.394. The van der Waals surface area contributed by atoms with Crippen LogP contribution in [0, 0.1) is 0 Å². The molecule has 0 saturated carbocycles. The van der Waals surface area contributed by atoms with Crippen molar-refractivity contribution in [3.8, 4) is 23.0 Å². The maximum Gasteiger partial charge on any atom is 0.265 e. The van der Waals surface area contributed by atoms with Gasteiger partial charge in [-0.3, -0.25) is 13.9 Å². The monoisotopic (exact) mass is 641 g/mol. The molecule has 0 aliphatic carbocycles. The van der Waals surface area contributed by atoms with E-state index in [1.165, 1.54) is 57.6 Å². The van der Waals surface area contributed by atoms with Crippen LogP contribution in [0.2, 0.25) is 0 Å². The molecule has 0 aliphatic rings. The van der Waals surface area contributed by atoms with E-state index < -0.39 is 28.5 Å². The Hall–Kier alpha value is -4.45. The highest BCUT2D eigenvalue weighted by Crippen LogP contribution is 2.37. The third kappa shape index (κ3) is 8.59. The number of carbonyl (C=O) groups is 2. The third-order valence-electron chi connectivity index (χ3n) is 7.29. The van der Waals surface area contributed by atoms with Crippen molar-refractivity contribution in [2.24, 2.45) is 0 Å². The molecule has 11 nitrogen and oxygen atoms in total. The number of methoxy groups -OCH3 is 4. The zero-order chi connectivity index (χ0) is 33.0. The number of benzene rings is 3. The van der Waals surface area contributed by atoms with E-state index in [2.05, 4.69) is 5.32 Å². The van der Waals surface area contributed by atoms with Gasteiger partial charge in [-0.2, -0.15) is 0 Å². The highest BCUT2D eigenvalue weighted by Gasteiger charge is 2.35. The Morgan fingerprint density at radius 2 is 1.49 bits per heavy atom. The Labute approximate surface area is 266 Å². The predicted molar refractivity (Wildman–Crippen MR) is 173 cm³/mol. The molecule has 0 heterocycles. The van der Waals surface area contributed by atoms with Crippen LogP contribution in [0.4, 0.5) is 5.69 Å². The summed E-state index contributed by atoms with van der Waals surface area (Å²) in [6, 6.07) is 17.3. The summed E-state index contributed by atoms with van der Waals surface area (Å²) < 4.78 is 51.4. The zero-order valence-corrected chi connectivity index (χ0v) is 27.6. The summed E-state index contributed by atoms with van der Waals surface area (Å²) in [7, 11) is 1.28. The lowest BCUT2D eigenvalue weighted by Crippen LogP contribution is -2.52. The minimum absolute atomic E-state index is 0.0834. The molecule has 0 aliphatic heterocycles. The van der Waals surface area contributed by atoms with Crippen molar-refractivity contribution in [3.63, 3.8) is 0 Å². The second kappa shape index (κ2) is 16.6. The summed E-state index contributed by atoms with van der Waals surface area (Å²) in [5, 5.41) is 2.93. The first-order valence-corrected chi connectivity index (χ1v) is 16.2. The maximum atomic E-state index is 14.4. The average molecular weight is 642 g/mol. The summed E-state index contributed by atoms with van der Waals surface area (Å²) in [5.74, 6) is 0.212. The number of nitrogens with one attached hydrogen (secondary N) is 1. The van der Waals surface area contributed by atoms with Crippen LogP contribution in [0.1, 0.15) is 38.7 Å². The van der Waals surface area contributed by atoms with E-state index in [0.717, 1.165) is 22.7 Å². The molecule has 2 amide bonds. The quantitative estimate of drug-likeness (QED) is 0.212. The van der Waals surface area contributed by atoms with Crippen molar-refractivity contribution < 1.29 is 37.0 Å². The second-order valence-corrected chi connectivity index (χ2v) is 12.0. The number of hydrogen-bond donors (Lipinski definition) is 1. The standard InChI is InChI=1S/C33H43N3O8S/c1-7-9-19-34-33(38)27(8-2)35(22-24-13-11-10-12-14-24)32(37)23-36(28-20-25(41-3)15-17-29(28)42-4)45(39,40)26-16-18-30(43-5)31(21-26)44-6/h10-18,20-21,27H,7-9,19,22-23H2,1-6H3,(H,34,38)/t27-/m1/s1. The molecule has 3 aromatic rings. The van der Waals surface area contributed by atoms with Crippen LogP contribution in [0.25, 0.3) is 0 Å². The fourth-order valence-corrected chi connectivity index (χ4v) is 6.25. The number of ether oxygens (including phenoxy) is 4. The molecule has 0 bridgehead atoms. The Bertz CT molecular complexity index is 1530. The molecule has 244 valence electrons. The number of anilines is 1. The molecule has 3 rings (SSSR count). The fourth-order valence-electron chi connectivity index (χ4n) is 4.82. The second-order valence-electron chi connectivity index (χ2n) is 10.1. The van der Waals surface area contributed by atoms with E-state index in [1.54, 1.807) is 12.1 Å². The summed E-state index contributed by atoms with van der Waals surface area (Å²) in [5.41, 5.74) is 0.874. The van der Waals surface area contributed by atoms with Gasteiger partial charge in [-0.1, -0.05) is 50.6 Å². The van der Waals surface area contributed by atoms with E-state index >= 15 is 0 Å². The smallest absolute Gasteiger partial charge is 0.265 e. The Balaban J connectivity index is 2.16. The van der Waals surface area contributed by atoms with E-state index in [-0.39, 0.29) is 34.5 Å². The van der Waals surface area contributed by atoms with Gasteiger partial charge in [-0.15, -0.1) is 0 Å². The van der Waals surface area contributed by atoms with Gasteiger partial charge >= 0.3 is 0 Å². The zero-order valence-electron chi connectivity index (χ0n) is 26.7. The van der Waals surface area contributed by atoms with Gasteiger partial charge < -0.3 is 29.2 Å². The van der Waals surface area contributed by atoms with Crippen LogP contribution in [-0.2, 0) is 26.2 Å². The maximum absolute atomic E-state index is 14.4. The number of carbonyl (C=O) groups excluding carboxylic acids is 2. The summed E-state index contributed by atoms with van der Waals surface area (Å²) in [6.45, 7) is 3.78. The van der Waals surface area contributed by atoms with Gasteiger partial charge in [0.15, 0.2) is 11.5 Å². The molecular weight excluding hydrogens is 598 g/mol. The molecule has 0 spiro atoms. The van der Waals surface area contributed by atoms with E-state index in [9.17, 15) is 18.0 Å². The van der Waals surface area contributed by atoms with Crippen molar-refractivity contribution in [2.75, 3.05) is 45.8 Å². The predicted octanol–water partition coefficient (Wildman–Crippen LogP) is 4.64. The molecule has 12 heteroatoms. The lowest BCUT2D eigenvalue weighted by atomic mass is 10.1. The van der Waals surface area contributed by atoms with Gasteiger partial charge in [-0.05, 0) is 42.7 Å². The van der Waals surface area contributed by atoms with Crippen molar-refractivity contribution in [1.29, 1.82) is 0 Å². The lowest BCUT2D eigenvalue weighted by molar-refractivity contribution is -0.140. The Morgan fingerprint density at radius 1 is 0.822 bits per heavy atom. The summed E-state index contributed by atoms with van der Waals surface area (Å²) in [4.78, 5) is 29.0. The van der Waals surface area contributed by atoms with Crippen LogP contribution < -0.4 is 28.6 Å². The van der Waals surface area contributed by atoms with Gasteiger partial charge in [0, 0.05) is 25.2 Å². The highest BCUT2D eigenvalue weighted by molar-refractivity contribution is 7.92. The number of rotatable bonds is 17. The number of unbranched alkanes of at least 4 members (excludes halogenated alkanes) is 1. The molecule has 0 aromatic heterocycles. The van der Waals surface area contributed by atoms with Gasteiger partial charge in [0.1, 0.15) is 24.1 Å². The SMILES string of the molecule is CCCCNC(=O)[C@@H](CC)N(Cc1ccccc1)C(=O)CN(c1cc(OC)ccc1OC)S(=O)(=O)c1ccc(OC)c(OC)c1. The first-order chi connectivity index (χ1) is 21.6. The van der Waals surface area contributed by atoms with Crippen LogP contribution in [0.5, 0.6) is 23.0 Å².